The molecular weight excluding hydrogens is 442 g/mol. The minimum absolute atomic E-state index is 0.0969. The Balaban J connectivity index is 1.38. The Hall–Kier alpha value is -3.04. The van der Waals surface area contributed by atoms with E-state index in [1.807, 2.05) is 38.1 Å². The normalized spacial score (nSPS) is 15.6. The molecule has 1 aromatic heterocycles. The maximum absolute atomic E-state index is 13.8. The van der Waals surface area contributed by atoms with Crippen LogP contribution in [0.1, 0.15) is 25.5 Å². The van der Waals surface area contributed by atoms with E-state index in [9.17, 15) is 13.6 Å². The molecule has 1 unspecified atom stereocenters. The predicted molar refractivity (Wildman–Crippen MR) is 125 cm³/mol. The van der Waals surface area contributed by atoms with Gasteiger partial charge in [-0.2, -0.15) is 0 Å². The number of hydrogen-bond acceptors (Lipinski definition) is 5. The molecule has 1 amide bonds. The Labute approximate surface area is 197 Å². The van der Waals surface area contributed by atoms with Crippen LogP contribution in [0.2, 0.25) is 0 Å². The zero-order valence-corrected chi connectivity index (χ0v) is 19.5. The molecule has 3 aromatic rings. The molecule has 1 atom stereocenters. The van der Waals surface area contributed by atoms with Gasteiger partial charge in [0.25, 0.3) is 0 Å². The average Bonchev–Trinajstić information content (AvgIpc) is 3.21. The van der Waals surface area contributed by atoms with Crippen molar-refractivity contribution in [2.75, 3.05) is 39.5 Å². The molecule has 2 heterocycles. The van der Waals surface area contributed by atoms with Crippen LogP contribution in [0.5, 0.6) is 5.75 Å². The van der Waals surface area contributed by atoms with E-state index in [2.05, 4.69) is 15.2 Å². The van der Waals surface area contributed by atoms with Crippen molar-refractivity contribution in [1.29, 1.82) is 0 Å². The second kappa shape index (κ2) is 10.9. The highest BCUT2D eigenvalue weighted by Gasteiger charge is 2.26. The number of amides is 1. The number of fused-ring (bicyclic) bond motifs is 1. The van der Waals surface area contributed by atoms with Crippen molar-refractivity contribution in [2.24, 2.45) is 5.92 Å². The summed E-state index contributed by atoms with van der Waals surface area (Å²) in [6.07, 6.45) is 1.46. The Morgan fingerprint density at radius 1 is 1.18 bits per heavy atom. The minimum Gasteiger partial charge on any atom is -0.492 e. The topological polar surface area (TPSA) is 68.6 Å². The lowest BCUT2D eigenvalue weighted by Gasteiger charge is -2.26. The van der Waals surface area contributed by atoms with Crippen molar-refractivity contribution in [3.63, 3.8) is 0 Å². The van der Waals surface area contributed by atoms with Crippen molar-refractivity contribution < 1.29 is 23.0 Å². The largest absolute Gasteiger partial charge is 0.492 e. The first-order valence-corrected chi connectivity index (χ1v) is 11.5. The minimum atomic E-state index is -0.970. The number of rotatable bonds is 9. The lowest BCUT2D eigenvalue weighted by Crippen LogP contribution is -2.38. The summed E-state index contributed by atoms with van der Waals surface area (Å²) in [4.78, 5) is 19.6. The van der Waals surface area contributed by atoms with Crippen LogP contribution in [-0.4, -0.2) is 59.8 Å². The molecule has 1 N–H and O–H groups in total. The zero-order valence-electron chi connectivity index (χ0n) is 19.5. The Morgan fingerprint density at radius 3 is 2.71 bits per heavy atom. The van der Waals surface area contributed by atoms with E-state index in [1.54, 1.807) is 4.57 Å². The zero-order chi connectivity index (χ0) is 24.1. The molecule has 0 spiro atoms. The van der Waals surface area contributed by atoms with E-state index in [4.69, 9.17) is 9.47 Å². The van der Waals surface area contributed by atoms with Crippen LogP contribution in [0.25, 0.3) is 11.0 Å². The first-order valence-electron chi connectivity index (χ1n) is 11.5. The number of benzene rings is 2. The maximum Gasteiger partial charge on any atom is 0.243 e. The number of imidazole rings is 1. The van der Waals surface area contributed by atoms with Crippen molar-refractivity contribution in [3.05, 3.63) is 59.9 Å². The van der Waals surface area contributed by atoms with Gasteiger partial charge in [-0.15, -0.1) is 0 Å². The molecule has 9 heteroatoms. The first kappa shape index (κ1) is 24.1. The maximum atomic E-state index is 13.8. The number of nitrogens with one attached hydrogen (secondary N) is 1. The highest BCUT2D eigenvalue weighted by atomic mass is 19.2. The fraction of sp³-hybridized carbons (Fsp3) is 0.440. The molecule has 1 saturated heterocycles. The highest BCUT2D eigenvalue weighted by molar-refractivity contribution is 5.84. The average molecular weight is 473 g/mol. The van der Waals surface area contributed by atoms with Crippen LogP contribution in [0, 0.1) is 17.6 Å². The second-order valence-electron chi connectivity index (χ2n) is 8.76. The number of aromatic nitrogens is 2. The van der Waals surface area contributed by atoms with Gasteiger partial charge in [-0.3, -0.25) is 9.69 Å². The van der Waals surface area contributed by atoms with E-state index >= 15 is 0 Å². The summed E-state index contributed by atoms with van der Waals surface area (Å²) in [6, 6.07) is 9.12. The van der Waals surface area contributed by atoms with E-state index in [1.165, 1.54) is 6.33 Å². The molecule has 0 saturated carbocycles. The van der Waals surface area contributed by atoms with Gasteiger partial charge in [0, 0.05) is 38.3 Å². The van der Waals surface area contributed by atoms with Gasteiger partial charge in [-0.25, -0.2) is 13.8 Å². The summed E-state index contributed by atoms with van der Waals surface area (Å²) in [5, 5.41) is 2.96. The van der Waals surface area contributed by atoms with Gasteiger partial charge in [0.05, 0.1) is 30.6 Å². The van der Waals surface area contributed by atoms with E-state index in [0.29, 0.717) is 24.2 Å². The third-order valence-electron chi connectivity index (χ3n) is 5.96. The van der Waals surface area contributed by atoms with Gasteiger partial charge in [0.1, 0.15) is 18.4 Å². The molecule has 0 aliphatic carbocycles. The summed E-state index contributed by atoms with van der Waals surface area (Å²) in [5.74, 6) is -1.51. The molecule has 182 valence electrons. The number of carbonyl (C=O) groups excluding carboxylic acids is 1. The lowest BCUT2D eigenvalue weighted by atomic mass is 10.0. The Kier molecular flexibility index (Phi) is 7.74. The molecule has 1 fully saturated rings. The van der Waals surface area contributed by atoms with Crippen LogP contribution < -0.4 is 10.1 Å². The summed E-state index contributed by atoms with van der Waals surface area (Å²) in [6.45, 7) is 8.89. The van der Waals surface area contributed by atoms with Crippen LogP contribution in [0.3, 0.4) is 0 Å². The predicted octanol–water partition coefficient (Wildman–Crippen LogP) is 3.54. The quantitative estimate of drug-likeness (QED) is 0.516. The van der Waals surface area contributed by atoms with Crippen LogP contribution >= 0.6 is 0 Å². The van der Waals surface area contributed by atoms with Crippen molar-refractivity contribution >= 4 is 16.9 Å². The fourth-order valence-electron chi connectivity index (χ4n) is 4.15. The third-order valence-corrected chi connectivity index (χ3v) is 5.96. The third kappa shape index (κ3) is 5.71. The fourth-order valence-corrected chi connectivity index (χ4v) is 4.15. The van der Waals surface area contributed by atoms with E-state index in [0.717, 1.165) is 56.3 Å². The Bertz CT molecular complexity index is 1130. The molecule has 1 aliphatic rings. The van der Waals surface area contributed by atoms with Gasteiger partial charge in [0.2, 0.25) is 5.91 Å². The molecule has 1 aliphatic heterocycles. The second-order valence-corrected chi connectivity index (χ2v) is 8.76. The Morgan fingerprint density at radius 2 is 1.94 bits per heavy atom. The summed E-state index contributed by atoms with van der Waals surface area (Å²) < 4.78 is 40.3. The van der Waals surface area contributed by atoms with Crippen molar-refractivity contribution in [3.8, 4) is 5.75 Å². The van der Waals surface area contributed by atoms with Crippen molar-refractivity contribution in [2.45, 2.75) is 26.4 Å². The SMILES string of the molecule is CC(C)C(C(=O)NCc1cccc(OCCN2CCOCC2)c1)n1cnc2cc(F)c(F)cc21. The van der Waals surface area contributed by atoms with E-state index < -0.39 is 17.7 Å². The summed E-state index contributed by atoms with van der Waals surface area (Å²) >= 11 is 0. The molecule has 34 heavy (non-hydrogen) atoms. The van der Waals surface area contributed by atoms with Crippen LogP contribution in [0.15, 0.2) is 42.7 Å². The number of morpholine rings is 1. The number of halogens is 2. The summed E-state index contributed by atoms with van der Waals surface area (Å²) in [5.41, 5.74) is 1.59. The van der Waals surface area contributed by atoms with E-state index in [-0.39, 0.29) is 11.8 Å². The van der Waals surface area contributed by atoms with Gasteiger partial charge in [0.15, 0.2) is 11.6 Å². The summed E-state index contributed by atoms with van der Waals surface area (Å²) in [7, 11) is 0. The number of carbonyl (C=O) groups is 1. The highest BCUT2D eigenvalue weighted by Crippen LogP contribution is 2.26. The van der Waals surface area contributed by atoms with Crippen molar-refractivity contribution in [1.82, 2.24) is 19.8 Å². The first-order chi connectivity index (χ1) is 16.4. The van der Waals surface area contributed by atoms with Gasteiger partial charge >= 0.3 is 0 Å². The van der Waals surface area contributed by atoms with Crippen LogP contribution in [0.4, 0.5) is 8.78 Å². The number of nitrogens with zero attached hydrogens (tertiary/aromatic N) is 3. The van der Waals surface area contributed by atoms with Gasteiger partial charge in [-0.1, -0.05) is 26.0 Å². The van der Waals surface area contributed by atoms with Crippen LogP contribution in [-0.2, 0) is 16.1 Å². The molecule has 7 nitrogen and oxygen atoms in total. The molecular formula is C25H30F2N4O3. The molecule has 0 bridgehead atoms. The smallest absolute Gasteiger partial charge is 0.243 e. The number of ether oxygens (including phenoxy) is 2. The molecule has 4 rings (SSSR count). The van der Waals surface area contributed by atoms with Gasteiger partial charge < -0.3 is 19.4 Å². The van der Waals surface area contributed by atoms with Gasteiger partial charge in [-0.05, 0) is 23.6 Å². The monoisotopic (exact) mass is 472 g/mol. The standard InChI is InChI=1S/C25H30F2N4O3/c1-17(2)24(31-16-29-22-13-20(26)21(27)14-23(22)31)25(32)28-15-18-4-3-5-19(12-18)34-11-8-30-6-9-33-10-7-30/h3-5,12-14,16-17,24H,6-11,15H2,1-2H3,(H,28,32). The number of hydrogen-bond donors (Lipinski definition) is 1. The molecule has 0 radical (unpaired) electrons. The molecule has 2 aromatic carbocycles. The lowest BCUT2D eigenvalue weighted by molar-refractivity contribution is -0.125.